The molecular weight excluding hydrogens is 421 g/mol. The number of carbonyl (C=O) groups excluding carboxylic acids is 1. The fourth-order valence-corrected chi connectivity index (χ4v) is 4.28. The van der Waals surface area contributed by atoms with Crippen molar-refractivity contribution < 1.29 is 9.18 Å². The highest BCUT2D eigenvalue weighted by molar-refractivity contribution is 5.94. The number of hydrogen-bond acceptors (Lipinski definition) is 5. The molecule has 1 amide bonds. The molecule has 3 aromatic carbocycles. The first kappa shape index (κ1) is 21.0. The van der Waals surface area contributed by atoms with Gasteiger partial charge < -0.3 is 4.57 Å². The normalized spacial score (nSPS) is 18.3. The van der Waals surface area contributed by atoms with Crippen molar-refractivity contribution in [1.29, 1.82) is 0 Å². The molecule has 8 heteroatoms. The van der Waals surface area contributed by atoms with Gasteiger partial charge in [-0.3, -0.25) is 15.0 Å². The SMILES string of the molecule is O=C(Cn1c2ccccc2c(=O)c2ccccc21)N/N=C/C1CNNC1c1ccc(F)cc1. The van der Waals surface area contributed by atoms with Gasteiger partial charge in [0.15, 0.2) is 5.43 Å². The van der Waals surface area contributed by atoms with E-state index in [2.05, 4.69) is 21.4 Å². The highest BCUT2D eigenvalue weighted by Gasteiger charge is 2.27. The van der Waals surface area contributed by atoms with Crippen LogP contribution in [0, 0.1) is 11.7 Å². The quantitative estimate of drug-likeness (QED) is 0.252. The van der Waals surface area contributed by atoms with Crippen LogP contribution in [0.15, 0.2) is 82.7 Å². The number of nitrogens with one attached hydrogen (secondary N) is 3. The lowest BCUT2D eigenvalue weighted by atomic mass is 9.96. The lowest BCUT2D eigenvalue weighted by Gasteiger charge is -2.15. The van der Waals surface area contributed by atoms with Crippen LogP contribution in [-0.2, 0) is 11.3 Å². The second-order valence-corrected chi connectivity index (χ2v) is 7.98. The summed E-state index contributed by atoms with van der Waals surface area (Å²) in [6.45, 7) is 0.637. The van der Waals surface area contributed by atoms with Crippen LogP contribution in [0.1, 0.15) is 11.6 Å². The highest BCUT2D eigenvalue weighted by atomic mass is 19.1. The van der Waals surface area contributed by atoms with E-state index in [1.807, 2.05) is 41.0 Å². The van der Waals surface area contributed by atoms with E-state index >= 15 is 0 Å². The summed E-state index contributed by atoms with van der Waals surface area (Å²) in [4.78, 5) is 25.6. The molecule has 3 N–H and O–H groups in total. The number of hydrazone groups is 1. The van der Waals surface area contributed by atoms with Crippen LogP contribution >= 0.6 is 0 Å². The number of benzene rings is 3. The molecule has 33 heavy (non-hydrogen) atoms. The highest BCUT2D eigenvalue weighted by Crippen LogP contribution is 2.24. The van der Waals surface area contributed by atoms with Crippen molar-refractivity contribution in [3.05, 3.63) is 94.4 Å². The maximum absolute atomic E-state index is 13.2. The number of aromatic nitrogens is 1. The largest absolute Gasteiger partial charge is 0.331 e. The number of hydrazine groups is 1. The molecule has 2 unspecified atom stereocenters. The molecule has 5 rings (SSSR count). The summed E-state index contributed by atoms with van der Waals surface area (Å²) in [5.74, 6) is -0.614. The van der Waals surface area contributed by atoms with Crippen molar-refractivity contribution in [3.63, 3.8) is 0 Å². The Labute approximate surface area is 188 Å². The minimum absolute atomic E-state index is 0.0151. The van der Waals surface area contributed by atoms with Gasteiger partial charge in [-0.2, -0.15) is 5.10 Å². The molecule has 1 fully saturated rings. The van der Waals surface area contributed by atoms with E-state index in [-0.39, 0.29) is 35.7 Å². The second kappa shape index (κ2) is 8.93. The Morgan fingerprint density at radius 1 is 1.03 bits per heavy atom. The summed E-state index contributed by atoms with van der Waals surface area (Å²) in [5.41, 5.74) is 11.1. The Hall–Kier alpha value is -3.88. The van der Waals surface area contributed by atoms with Crippen molar-refractivity contribution in [1.82, 2.24) is 20.8 Å². The topological polar surface area (TPSA) is 87.5 Å². The number of rotatable bonds is 5. The summed E-state index contributed by atoms with van der Waals surface area (Å²) in [7, 11) is 0. The average Bonchev–Trinajstić information content (AvgIpc) is 3.31. The van der Waals surface area contributed by atoms with Gasteiger partial charge in [0.1, 0.15) is 12.4 Å². The van der Waals surface area contributed by atoms with Crippen molar-refractivity contribution in [2.45, 2.75) is 12.6 Å². The molecule has 2 atom stereocenters. The van der Waals surface area contributed by atoms with E-state index in [1.54, 1.807) is 30.5 Å². The fourth-order valence-electron chi connectivity index (χ4n) is 4.28. The molecule has 1 aliphatic rings. The summed E-state index contributed by atoms with van der Waals surface area (Å²) in [5, 5.41) is 5.30. The Balaban J connectivity index is 1.35. The van der Waals surface area contributed by atoms with Gasteiger partial charge in [-0.1, -0.05) is 36.4 Å². The van der Waals surface area contributed by atoms with Crippen LogP contribution in [0.5, 0.6) is 0 Å². The number of para-hydroxylation sites is 2. The fraction of sp³-hybridized carbons (Fsp3) is 0.160. The lowest BCUT2D eigenvalue weighted by molar-refractivity contribution is -0.121. The molecule has 1 aliphatic heterocycles. The monoisotopic (exact) mass is 443 g/mol. The number of pyridine rings is 1. The smallest absolute Gasteiger partial charge is 0.259 e. The number of fused-ring (bicyclic) bond motifs is 2. The first-order chi connectivity index (χ1) is 16.1. The molecule has 0 aliphatic carbocycles. The molecule has 1 aromatic heterocycles. The van der Waals surface area contributed by atoms with Gasteiger partial charge >= 0.3 is 0 Å². The number of carbonyl (C=O) groups is 1. The first-order valence-corrected chi connectivity index (χ1v) is 10.7. The minimum Gasteiger partial charge on any atom is -0.331 e. The molecule has 7 nitrogen and oxygen atoms in total. The summed E-state index contributed by atoms with van der Waals surface area (Å²) >= 11 is 0. The first-order valence-electron chi connectivity index (χ1n) is 10.7. The van der Waals surface area contributed by atoms with E-state index in [0.29, 0.717) is 28.4 Å². The Kier molecular flexibility index (Phi) is 5.68. The van der Waals surface area contributed by atoms with Gasteiger partial charge in [-0.05, 0) is 42.0 Å². The Morgan fingerprint density at radius 2 is 1.67 bits per heavy atom. The Bertz CT molecular complexity index is 1350. The molecule has 0 radical (unpaired) electrons. The van der Waals surface area contributed by atoms with Gasteiger partial charge in [0.25, 0.3) is 5.91 Å². The zero-order chi connectivity index (χ0) is 22.8. The zero-order valence-corrected chi connectivity index (χ0v) is 17.7. The molecule has 1 saturated heterocycles. The van der Waals surface area contributed by atoms with Gasteiger partial charge in [-0.15, -0.1) is 0 Å². The standard InChI is InChI=1S/C25H22FN5O2/c26-18-11-9-16(10-12-18)24-17(14-28-30-24)13-27-29-23(32)15-31-21-7-3-1-5-19(21)25(33)20-6-2-4-8-22(20)31/h1-13,17,24,28,30H,14-15H2,(H,29,32)/b27-13+. The summed E-state index contributed by atoms with van der Waals surface area (Å²) in [6, 6.07) is 20.7. The summed E-state index contributed by atoms with van der Waals surface area (Å²) in [6.07, 6.45) is 1.68. The van der Waals surface area contributed by atoms with Gasteiger partial charge in [0, 0.05) is 29.4 Å². The third-order valence-corrected chi connectivity index (χ3v) is 5.89. The van der Waals surface area contributed by atoms with Gasteiger partial charge in [0.2, 0.25) is 0 Å². The molecule has 0 spiro atoms. The van der Waals surface area contributed by atoms with Crippen molar-refractivity contribution in [3.8, 4) is 0 Å². The molecule has 4 aromatic rings. The lowest BCUT2D eigenvalue weighted by Crippen LogP contribution is -2.26. The Morgan fingerprint density at radius 3 is 2.33 bits per heavy atom. The maximum Gasteiger partial charge on any atom is 0.259 e. The predicted molar refractivity (Wildman–Crippen MR) is 126 cm³/mol. The van der Waals surface area contributed by atoms with E-state index in [1.165, 1.54) is 12.1 Å². The molecular formula is C25H22FN5O2. The van der Waals surface area contributed by atoms with Crippen LogP contribution < -0.4 is 21.7 Å². The maximum atomic E-state index is 13.2. The van der Waals surface area contributed by atoms with Crippen molar-refractivity contribution in [2.75, 3.05) is 6.54 Å². The van der Waals surface area contributed by atoms with E-state index in [9.17, 15) is 14.0 Å². The van der Waals surface area contributed by atoms with E-state index in [4.69, 9.17) is 0 Å². The van der Waals surface area contributed by atoms with Crippen LogP contribution in [0.2, 0.25) is 0 Å². The van der Waals surface area contributed by atoms with Crippen LogP contribution in [0.25, 0.3) is 21.8 Å². The molecule has 0 bridgehead atoms. The van der Waals surface area contributed by atoms with Crippen molar-refractivity contribution >= 4 is 33.9 Å². The number of amides is 1. The molecule has 0 saturated carbocycles. The third-order valence-electron chi connectivity index (χ3n) is 5.89. The zero-order valence-electron chi connectivity index (χ0n) is 17.7. The minimum atomic E-state index is -0.303. The van der Waals surface area contributed by atoms with Crippen molar-refractivity contribution in [2.24, 2.45) is 11.0 Å². The van der Waals surface area contributed by atoms with Gasteiger partial charge in [-0.25, -0.2) is 15.2 Å². The van der Waals surface area contributed by atoms with Crippen LogP contribution in [0.3, 0.4) is 0 Å². The predicted octanol–water partition coefficient (Wildman–Crippen LogP) is 2.86. The average molecular weight is 443 g/mol. The number of halogens is 1. The van der Waals surface area contributed by atoms with E-state index in [0.717, 1.165) is 5.56 Å². The molecule has 2 heterocycles. The number of nitrogens with zero attached hydrogens (tertiary/aromatic N) is 2. The van der Waals surface area contributed by atoms with Crippen LogP contribution in [0.4, 0.5) is 4.39 Å². The second-order valence-electron chi connectivity index (χ2n) is 7.98. The summed E-state index contributed by atoms with van der Waals surface area (Å²) < 4.78 is 15.1. The number of hydrogen-bond donors (Lipinski definition) is 3. The van der Waals surface area contributed by atoms with E-state index < -0.39 is 0 Å². The molecule has 166 valence electrons. The third kappa shape index (κ3) is 4.13. The van der Waals surface area contributed by atoms with Gasteiger partial charge in [0.05, 0.1) is 17.1 Å². The van der Waals surface area contributed by atoms with Crippen LogP contribution in [-0.4, -0.2) is 23.2 Å².